The quantitative estimate of drug-likeness (QED) is 0.650. The maximum atomic E-state index is 9.34. The number of ether oxygens (including phenoxy) is 1. The molecule has 0 bridgehead atoms. The van der Waals surface area contributed by atoms with Gasteiger partial charge in [-0.05, 0) is 12.5 Å². The van der Waals surface area contributed by atoms with Gasteiger partial charge in [0.25, 0.3) is 0 Å². The second kappa shape index (κ2) is 5.60. The van der Waals surface area contributed by atoms with Crippen LogP contribution in [0.25, 0.3) is 0 Å². The molecule has 2 N–H and O–H groups in total. The summed E-state index contributed by atoms with van der Waals surface area (Å²) in [5, 5.41) is 13.7. The van der Waals surface area contributed by atoms with Gasteiger partial charge in [0.15, 0.2) is 0 Å². The van der Waals surface area contributed by atoms with Crippen LogP contribution >= 0.6 is 0 Å². The van der Waals surface area contributed by atoms with Crippen LogP contribution in [0.3, 0.4) is 0 Å². The van der Waals surface area contributed by atoms with Gasteiger partial charge in [0.1, 0.15) is 0 Å². The summed E-state index contributed by atoms with van der Waals surface area (Å²) in [6.07, 6.45) is 0.0557. The third-order valence-corrected chi connectivity index (χ3v) is 1.63. The van der Waals surface area contributed by atoms with Crippen molar-refractivity contribution in [3.05, 3.63) is 6.42 Å². The van der Waals surface area contributed by atoms with Crippen LogP contribution in [0.15, 0.2) is 0 Å². The molecule has 0 spiro atoms. The minimum absolute atomic E-state index is 0. The SMILES string of the molecule is [3H]OC1C(O)[CH-]C([3H])OC1CC.[Y]. The summed E-state index contributed by atoms with van der Waals surface area (Å²) in [6, 6.07) is 0. The molecule has 0 aromatic heterocycles. The maximum absolute atomic E-state index is 9.34. The first-order valence-electron chi connectivity index (χ1n) is 4.40. The molecule has 4 unspecified atom stereocenters. The van der Waals surface area contributed by atoms with Gasteiger partial charge in [-0.15, -0.1) is 0 Å². The molecular formula is C7H13O3Y-. The molecule has 0 saturated carbocycles. The van der Waals surface area contributed by atoms with Crippen LogP contribution in [0.1, 0.15) is 14.7 Å². The Balaban J connectivity index is 0.00000144. The van der Waals surface area contributed by atoms with Crippen LogP contribution in [0, 0.1) is 6.42 Å². The van der Waals surface area contributed by atoms with Gasteiger partial charge in [0.2, 0.25) is 1.43 Å². The number of hydrogen-bond donors (Lipinski definition) is 2. The molecule has 0 aliphatic carbocycles. The van der Waals surface area contributed by atoms with Gasteiger partial charge in [-0.2, -0.15) is 0 Å². The van der Waals surface area contributed by atoms with E-state index in [0.717, 1.165) is 0 Å². The first kappa shape index (κ1) is 8.58. The molecule has 1 aliphatic heterocycles. The van der Waals surface area contributed by atoms with Crippen LogP contribution in [0.5, 0.6) is 0 Å². The monoisotopic (exact) mass is 238 g/mol. The summed E-state index contributed by atoms with van der Waals surface area (Å²) in [5.41, 5.74) is 0. The van der Waals surface area contributed by atoms with Gasteiger partial charge >= 0.3 is 0 Å². The number of hydrogen-bond acceptors (Lipinski definition) is 3. The van der Waals surface area contributed by atoms with E-state index in [1.54, 1.807) is 0 Å². The number of aliphatic hydroxyl groups is 2. The van der Waals surface area contributed by atoms with Gasteiger partial charge in [-0.1, -0.05) is 13.5 Å². The number of rotatable bonds is 2. The molecule has 1 rings (SSSR count). The first-order chi connectivity index (χ1) is 5.69. The molecule has 11 heavy (non-hydrogen) atoms. The van der Waals surface area contributed by atoms with Crippen molar-refractivity contribution >= 4 is 0 Å². The van der Waals surface area contributed by atoms with E-state index in [-0.39, 0.29) is 38.8 Å². The van der Waals surface area contributed by atoms with Crippen LogP contribution < -0.4 is 0 Å². The Kier molecular flexibility index (Phi) is 4.37. The Morgan fingerprint density at radius 2 is 2.64 bits per heavy atom. The van der Waals surface area contributed by atoms with Crippen molar-refractivity contribution in [3.63, 3.8) is 0 Å². The van der Waals surface area contributed by atoms with Crippen LogP contribution in [0.2, 0.25) is 0 Å². The van der Waals surface area contributed by atoms with Gasteiger partial charge in [-0.3, -0.25) is 6.42 Å². The smallest absolute Gasteiger partial charge is 0.211 e. The third-order valence-electron chi connectivity index (χ3n) is 1.63. The van der Waals surface area contributed by atoms with Gasteiger partial charge in [-0.25, -0.2) is 0 Å². The zero-order chi connectivity index (χ0) is 9.14. The van der Waals surface area contributed by atoms with E-state index >= 15 is 0 Å². The molecule has 0 amide bonds. The predicted molar refractivity (Wildman–Crippen MR) is 36.3 cm³/mol. The first-order valence-corrected chi connectivity index (χ1v) is 3.41. The Morgan fingerprint density at radius 1 is 1.91 bits per heavy atom. The van der Waals surface area contributed by atoms with Crippen molar-refractivity contribution in [3.8, 4) is 0 Å². The van der Waals surface area contributed by atoms with Gasteiger partial charge in [0.05, 0.1) is 12.2 Å². The minimum atomic E-state index is -0.872. The Morgan fingerprint density at radius 3 is 3.18 bits per heavy atom. The van der Waals surface area contributed by atoms with E-state index in [0.29, 0.717) is 6.42 Å². The summed E-state index contributed by atoms with van der Waals surface area (Å²) in [6.45, 7) is 1.05. The molecule has 63 valence electrons. The Hall–Kier alpha value is 0.984. The van der Waals surface area contributed by atoms with Crippen molar-refractivity contribution in [2.45, 2.75) is 31.7 Å². The van der Waals surface area contributed by atoms with E-state index in [1.807, 2.05) is 6.92 Å². The minimum Gasteiger partial charge on any atom is -0.422 e. The summed E-state index contributed by atoms with van der Waals surface area (Å²) in [4.78, 5) is 0. The standard InChI is InChI=1S/C7H13O3.Y/c1-2-6-7(9)5(8)3-4-10-6;/h3,5-9H,2,4H2,1H3;/q-1;/i4T,9T;. The van der Waals surface area contributed by atoms with E-state index in [2.05, 4.69) is 5.11 Å². The van der Waals surface area contributed by atoms with Crippen molar-refractivity contribution < 1.29 is 49.0 Å². The van der Waals surface area contributed by atoms with E-state index in [1.165, 1.54) is 6.42 Å². The van der Waals surface area contributed by atoms with Crippen LogP contribution in [0.4, 0.5) is 0 Å². The summed E-state index contributed by atoms with van der Waals surface area (Å²) in [7, 11) is 0. The molecule has 4 heteroatoms. The molecule has 0 aromatic rings. The van der Waals surface area contributed by atoms with E-state index in [9.17, 15) is 5.11 Å². The van der Waals surface area contributed by atoms with Gasteiger partial charge in [0, 0.05) is 34.1 Å². The molecule has 1 fully saturated rings. The second-order valence-electron chi connectivity index (χ2n) is 2.37. The summed E-state index contributed by atoms with van der Waals surface area (Å²) >= 11 is 0. The fourth-order valence-corrected chi connectivity index (χ4v) is 0.962. The molecule has 0 aromatic carbocycles. The molecule has 1 heterocycles. The molecule has 4 atom stereocenters. The second-order valence-corrected chi connectivity index (χ2v) is 2.37. The van der Waals surface area contributed by atoms with E-state index in [4.69, 9.17) is 7.54 Å². The third kappa shape index (κ3) is 3.07. The Labute approximate surface area is 94.9 Å². The fraction of sp³-hybridized carbons (Fsp3) is 0.857. The van der Waals surface area contributed by atoms with E-state index < -0.39 is 18.8 Å². The predicted octanol–water partition coefficient (Wildman–Crippen LogP) is -0.281. The van der Waals surface area contributed by atoms with Crippen molar-refractivity contribution in [1.29, 1.82) is 1.43 Å². The summed E-state index contributed by atoms with van der Waals surface area (Å²) in [5.74, 6) is 0. The zero-order valence-electron chi connectivity index (χ0n) is 8.43. The van der Waals surface area contributed by atoms with Crippen LogP contribution in [-0.4, -0.2) is 36.5 Å². The molecule has 3 nitrogen and oxygen atoms in total. The zero-order valence-corrected chi connectivity index (χ0v) is 9.27. The molecular weight excluding hydrogens is 221 g/mol. The van der Waals surface area contributed by atoms with Crippen molar-refractivity contribution in [2.24, 2.45) is 0 Å². The van der Waals surface area contributed by atoms with Crippen molar-refractivity contribution in [2.75, 3.05) is 6.58 Å². The largest absolute Gasteiger partial charge is 0.422 e. The maximum Gasteiger partial charge on any atom is 0.211 e. The Bertz CT molecular complexity index is 150. The number of aliphatic hydroxyl groups excluding tert-OH is 2. The average molecular weight is 238 g/mol. The molecule has 1 aliphatic rings. The summed E-state index contributed by atoms with van der Waals surface area (Å²) < 4.78 is 19.1. The van der Waals surface area contributed by atoms with Crippen molar-refractivity contribution in [1.82, 2.24) is 0 Å². The average Bonchev–Trinajstić information content (AvgIpc) is 2.03. The molecule has 1 radical (unpaired) electrons. The van der Waals surface area contributed by atoms with Crippen LogP contribution in [-0.2, 0) is 37.4 Å². The normalized spacial score (nSPS) is 47.1. The van der Waals surface area contributed by atoms with Gasteiger partial charge < -0.3 is 15.0 Å². The fourth-order valence-electron chi connectivity index (χ4n) is 0.962. The molecule has 1 saturated heterocycles. The topological polar surface area (TPSA) is 49.7 Å².